The van der Waals surface area contributed by atoms with Gasteiger partial charge in [-0.25, -0.2) is 4.98 Å². The molecule has 3 rings (SSSR count). The maximum absolute atomic E-state index is 4.69. The summed E-state index contributed by atoms with van der Waals surface area (Å²) in [6.07, 6.45) is 4.10. The smallest absolute Gasteiger partial charge is 0.0862 e. The van der Waals surface area contributed by atoms with Gasteiger partial charge in [-0.3, -0.25) is 0 Å². The van der Waals surface area contributed by atoms with E-state index in [2.05, 4.69) is 61.1 Å². The van der Waals surface area contributed by atoms with Crippen molar-refractivity contribution in [2.24, 2.45) is 0 Å². The maximum Gasteiger partial charge on any atom is 0.0862 e. The molecule has 1 nitrogen and oxygen atoms in total. The average Bonchev–Trinajstić information content (AvgIpc) is 2.50. The fourth-order valence-electron chi connectivity index (χ4n) is 2.00. The van der Waals surface area contributed by atoms with Crippen molar-refractivity contribution >= 4 is 54.9 Å². The van der Waals surface area contributed by atoms with E-state index in [4.69, 9.17) is 0 Å². The second-order valence-electron chi connectivity index (χ2n) is 4.41. The third kappa shape index (κ3) is 2.84. The third-order valence-corrected chi connectivity index (χ3v) is 4.35. The molecule has 0 aliphatic heterocycles. The summed E-state index contributed by atoms with van der Waals surface area (Å²) in [5.41, 5.74) is 3.08. The van der Waals surface area contributed by atoms with E-state index in [9.17, 15) is 0 Å². The zero-order valence-electron chi connectivity index (χ0n) is 10.6. The minimum atomic E-state index is 0.945. The largest absolute Gasteiger partial charge is 0.247 e. The van der Waals surface area contributed by atoms with E-state index < -0.39 is 0 Å². The molecular formula is C17H11Br2N. The normalized spacial score (nSPS) is 11.3. The molecule has 3 aromatic rings. The molecule has 1 aromatic heterocycles. The van der Waals surface area contributed by atoms with Gasteiger partial charge in [0.1, 0.15) is 0 Å². The number of pyridine rings is 1. The number of rotatable bonds is 2. The molecule has 0 atom stereocenters. The van der Waals surface area contributed by atoms with Gasteiger partial charge in [-0.2, -0.15) is 0 Å². The predicted octanol–water partition coefficient (Wildman–Crippen LogP) is 5.93. The van der Waals surface area contributed by atoms with Crippen LogP contribution in [0.4, 0.5) is 0 Å². The molecule has 0 bridgehead atoms. The standard InChI is InChI=1S/C17H11Br2N/c18-15-10-11-16(19)17-14(15)9-8-13(20-17)7-6-12-4-2-1-3-5-12/h1-11H/b7-6+. The number of benzene rings is 2. The molecule has 3 heteroatoms. The van der Waals surface area contributed by atoms with Gasteiger partial charge >= 0.3 is 0 Å². The lowest BCUT2D eigenvalue weighted by Gasteiger charge is -2.03. The van der Waals surface area contributed by atoms with Crippen molar-refractivity contribution in [1.29, 1.82) is 0 Å². The second kappa shape index (κ2) is 5.90. The molecule has 2 aromatic carbocycles. The summed E-state index contributed by atoms with van der Waals surface area (Å²) in [7, 11) is 0. The number of hydrogen-bond acceptors (Lipinski definition) is 1. The lowest BCUT2D eigenvalue weighted by molar-refractivity contribution is 1.36. The molecule has 0 aliphatic carbocycles. The van der Waals surface area contributed by atoms with Crippen molar-refractivity contribution in [3.63, 3.8) is 0 Å². The molecular weight excluding hydrogens is 378 g/mol. The Morgan fingerprint density at radius 3 is 2.30 bits per heavy atom. The van der Waals surface area contributed by atoms with Gasteiger partial charge in [0.25, 0.3) is 0 Å². The molecule has 0 spiro atoms. The van der Waals surface area contributed by atoms with Gasteiger partial charge in [0.15, 0.2) is 0 Å². The molecule has 1 heterocycles. The Balaban J connectivity index is 2.01. The molecule has 0 radical (unpaired) electrons. The fourth-order valence-corrected chi connectivity index (χ4v) is 2.89. The van der Waals surface area contributed by atoms with Crippen molar-refractivity contribution in [2.75, 3.05) is 0 Å². The molecule has 0 fully saturated rings. The van der Waals surface area contributed by atoms with E-state index in [1.54, 1.807) is 0 Å². The van der Waals surface area contributed by atoms with Crippen LogP contribution in [-0.4, -0.2) is 4.98 Å². The van der Waals surface area contributed by atoms with Gasteiger partial charge in [-0.05, 0) is 51.8 Å². The summed E-state index contributed by atoms with van der Waals surface area (Å²) < 4.78 is 2.06. The fraction of sp³-hybridized carbons (Fsp3) is 0. The number of fused-ring (bicyclic) bond motifs is 1. The Morgan fingerprint density at radius 1 is 0.750 bits per heavy atom. The Bertz CT molecular complexity index is 780. The van der Waals surface area contributed by atoms with Crippen molar-refractivity contribution in [2.45, 2.75) is 0 Å². The van der Waals surface area contributed by atoms with Crippen LogP contribution in [0.3, 0.4) is 0 Å². The van der Waals surface area contributed by atoms with Gasteiger partial charge in [0.05, 0.1) is 11.2 Å². The van der Waals surface area contributed by atoms with Crippen LogP contribution < -0.4 is 0 Å². The SMILES string of the molecule is Brc1ccc(Br)c2nc(/C=C/c3ccccc3)ccc12. The minimum Gasteiger partial charge on any atom is -0.247 e. The molecule has 0 N–H and O–H groups in total. The highest BCUT2D eigenvalue weighted by molar-refractivity contribution is 9.11. The van der Waals surface area contributed by atoms with Crippen LogP contribution in [-0.2, 0) is 0 Å². The van der Waals surface area contributed by atoms with Crippen LogP contribution in [0.25, 0.3) is 23.1 Å². The number of nitrogens with zero attached hydrogens (tertiary/aromatic N) is 1. The first-order valence-corrected chi connectivity index (χ1v) is 7.80. The second-order valence-corrected chi connectivity index (χ2v) is 6.11. The highest BCUT2D eigenvalue weighted by Gasteiger charge is 2.04. The van der Waals surface area contributed by atoms with Gasteiger partial charge in [0, 0.05) is 14.3 Å². The van der Waals surface area contributed by atoms with Gasteiger partial charge < -0.3 is 0 Å². The van der Waals surface area contributed by atoms with E-state index in [-0.39, 0.29) is 0 Å². The van der Waals surface area contributed by atoms with Crippen molar-refractivity contribution < 1.29 is 0 Å². The van der Waals surface area contributed by atoms with Crippen molar-refractivity contribution in [1.82, 2.24) is 4.98 Å². The molecule has 0 saturated carbocycles. The van der Waals surface area contributed by atoms with Crippen LogP contribution >= 0.6 is 31.9 Å². The summed E-state index contributed by atoms with van der Waals surface area (Å²) in [4.78, 5) is 4.69. The Labute approximate surface area is 134 Å². The van der Waals surface area contributed by atoms with Gasteiger partial charge in [-0.1, -0.05) is 52.3 Å². The lowest BCUT2D eigenvalue weighted by Crippen LogP contribution is -1.85. The Morgan fingerprint density at radius 2 is 1.50 bits per heavy atom. The van der Waals surface area contributed by atoms with Crippen LogP contribution in [0.15, 0.2) is 63.5 Å². The monoisotopic (exact) mass is 387 g/mol. The van der Waals surface area contributed by atoms with Gasteiger partial charge in [-0.15, -0.1) is 0 Å². The first-order chi connectivity index (χ1) is 9.74. The van der Waals surface area contributed by atoms with E-state index in [0.717, 1.165) is 25.5 Å². The third-order valence-electron chi connectivity index (χ3n) is 3.02. The Hall–Kier alpha value is -1.45. The van der Waals surface area contributed by atoms with Crippen molar-refractivity contribution in [3.8, 4) is 0 Å². The Kier molecular flexibility index (Phi) is 3.99. The number of aromatic nitrogens is 1. The molecule has 98 valence electrons. The van der Waals surface area contributed by atoms with E-state index in [1.165, 1.54) is 5.56 Å². The summed E-state index contributed by atoms with van der Waals surface area (Å²) >= 11 is 7.11. The van der Waals surface area contributed by atoms with E-state index in [0.29, 0.717) is 0 Å². The van der Waals surface area contributed by atoms with E-state index >= 15 is 0 Å². The minimum absolute atomic E-state index is 0.945. The zero-order valence-corrected chi connectivity index (χ0v) is 13.7. The van der Waals surface area contributed by atoms with Crippen molar-refractivity contribution in [3.05, 3.63) is 74.8 Å². The number of hydrogen-bond donors (Lipinski definition) is 0. The molecule has 0 aliphatic rings. The lowest BCUT2D eigenvalue weighted by atomic mass is 10.1. The first kappa shape index (κ1) is 13.5. The van der Waals surface area contributed by atoms with Crippen LogP contribution in [0.5, 0.6) is 0 Å². The molecule has 0 saturated heterocycles. The van der Waals surface area contributed by atoms with Crippen LogP contribution in [0.2, 0.25) is 0 Å². The number of halogens is 2. The zero-order chi connectivity index (χ0) is 13.9. The maximum atomic E-state index is 4.69. The summed E-state index contributed by atoms with van der Waals surface area (Å²) in [6.45, 7) is 0. The predicted molar refractivity (Wildman–Crippen MR) is 92.5 cm³/mol. The molecule has 20 heavy (non-hydrogen) atoms. The topological polar surface area (TPSA) is 12.9 Å². The molecule has 0 unspecified atom stereocenters. The highest BCUT2D eigenvalue weighted by atomic mass is 79.9. The summed E-state index contributed by atoms with van der Waals surface area (Å²) in [5.74, 6) is 0. The quantitative estimate of drug-likeness (QED) is 0.530. The van der Waals surface area contributed by atoms with Gasteiger partial charge in [0.2, 0.25) is 0 Å². The molecule has 0 amide bonds. The average molecular weight is 389 g/mol. The summed E-state index contributed by atoms with van der Waals surface area (Å²) in [5, 5.41) is 1.11. The highest BCUT2D eigenvalue weighted by Crippen LogP contribution is 2.29. The summed E-state index contributed by atoms with van der Waals surface area (Å²) in [6, 6.07) is 18.4. The van der Waals surface area contributed by atoms with E-state index in [1.807, 2.05) is 42.5 Å². The van der Waals surface area contributed by atoms with Crippen LogP contribution in [0.1, 0.15) is 11.3 Å². The van der Waals surface area contributed by atoms with Crippen LogP contribution in [0, 0.1) is 0 Å². The first-order valence-electron chi connectivity index (χ1n) is 6.22.